The smallest absolute Gasteiger partial charge is 0.321 e. The number of nitrogens with zero attached hydrogens (tertiary/aromatic N) is 1. The first-order valence-electron chi connectivity index (χ1n) is 6.70. The minimum atomic E-state index is -0.378. The lowest BCUT2D eigenvalue weighted by Crippen LogP contribution is -2.32. The molecule has 6 heteroatoms. The van der Waals surface area contributed by atoms with Crippen LogP contribution in [-0.4, -0.2) is 28.8 Å². The summed E-state index contributed by atoms with van der Waals surface area (Å²) < 4.78 is 0. The maximum Gasteiger partial charge on any atom is 0.321 e. The van der Waals surface area contributed by atoms with Crippen molar-refractivity contribution in [1.29, 1.82) is 0 Å². The Morgan fingerprint density at radius 2 is 2.26 bits per heavy atom. The molecule has 1 unspecified atom stereocenters. The van der Waals surface area contributed by atoms with Gasteiger partial charge in [0.2, 0.25) is 0 Å². The van der Waals surface area contributed by atoms with Crippen molar-refractivity contribution in [3.8, 4) is 0 Å². The van der Waals surface area contributed by atoms with Gasteiger partial charge in [-0.3, -0.25) is 5.32 Å². The van der Waals surface area contributed by atoms with E-state index in [0.717, 1.165) is 18.5 Å². The van der Waals surface area contributed by atoms with Gasteiger partial charge in [-0.05, 0) is 18.8 Å². The quantitative estimate of drug-likeness (QED) is 0.721. The molecule has 1 rings (SSSR count). The number of aromatic nitrogens is 1. The standard InChI is InChI=1S/C13H23N3O2S/c1-4-5-10-8-19-13(15-10)16-12(18)14-7-6-11(17)9(2)3/h8-9,11,17H,4-7H2,1-3H3,(H2,14,15,16,18). The molecule has 0 aliphatic carbocycles. The van der Waals surface area contributed by atoms with Gasteiger partial charge < -0.3 is 10.4 Å². The van der Waals surface area contributed by atoms with Gasteiger partial charge in [-0.1, -0.05) is 27.2 Å². The van der Waals surface area contributed by atoms with Crippen LogP contribution in [0, 0.1) is 5.92 Å². The topological polar surface area (TPSA) is 74.2 Å². The van der Waals surface area contributed by atoms with E-state index in [1.54, 1.807) is 0 Å². The number of amides is 2. The molecule has 0 radical (unpaired) electrons. The zero-order valence-electron chi connectivity index (χ0n) is 11.8. The number of aliphatic hydroxyl groups is 1. The number of thiazole rings is 1. The summed E-state index contributed by atoms with van der Waals surface area (Å²) in [6, 6.07) is -0.270. The molecule has 2 amide bonds. The Hall–Kier alpha value is -1.14. The Morgan fingerprint density at radius 1 is 1.53 bits per heavy atom. The fourth-order valence-electron chi connectivity index (χ4n) is 1.54. The Bertz CT molecular complexity index is 393. The van der Waals surface area contributed by atoms with Crippen LogP contribution < -0.4 is 10.6 Å². The van der Waals surface area contributed by atoms with Gasteiger partial charge in [-0.25, -0.2) is 9.78 Å². The van der Waals surface area contributed by atoms with Gasteiger partial charge in [0.15, 0.2) is 5.13 Å². The van der Waals surface area contributed by atoms with Crippen molar-refractivity contribution in [3.05, 3.63) is 11.1 Å². The Kier molecular flexibility index (Phi) is 6.80. The largest absolute Gasteiger partial charge is 0.393 e. The zero-order valence-corrected chi connectivity index (χ0v) is 12.6. The van der Waals surface area contributed by atoms with Crippen LogP contribution in [0.25, 0.3) is 0 Å². The first-order valence-corrected chi connectivity index (χ1v) is 7.58. The SMILES string of the molecule is CCCc1csc(NC(=O)NCCC(O)C(C)C)n1. The van der Waals surface area contributed by atoms with Crippen LogP contribution in [0.3, 0.4) is 0 Å². The molecule has 1 heterocycles. The van der Waals surface area contributed by atoms with Crippen LogP contribution in [0.1, 0.15) is 39.3 Å². The molecule has 0 bridgehead atoms. The molecule has 1 aromatic heterocycles. The molecule has 1 atom stereocenters. The van der Waals surface area contributed by atoms with E-state index >= 15 is 0 Å². The van der Waals surface area contributed by atoms with Crippen molar-refractivity contribution in [2.75, 3.05) is 11.9 Å². The van der Waals surface area contributed by atoms with Crippen molar-refractivity contribution in [3.63, 3.8) is 0 Å². The number of hydrogen-bond acceptors (Lipinski definition) is 4. The van der Waals surface area contributed by atoms with Gasteiger partial charge in [0, 0.05) is 11.9 Å². The Balaban J connectivity index is 2.26. The molecule has 5 nitrogen and oxygen atoms in total. The average molecular weight is 285 g/mol. The fraction of sp³-hybridized carbons (Fsp3) is 0.692. The summed E-state index contributed by atoms with van der Waals surface area (Å²) in [6.45, 7) is 6.46. The number of aliphatic hydroxyl groups excluding tert-OH is 1. The van der Waals surface area contributed by atoms with E-state index in [9.17, 15) is 9.90 Å². The third kappa shape index (κ3) is 6.02. The molecular formula is C13H23N3O2S. The molecule has 19 heavy (non-hydrogen) atoms. The normalized spacial score (nSPS) is 12.5. The molecule has 0 spiro atoms. The van der Waals surface area contributed by atoms with E-state index in [-0.39, 0.29) is 18.1 Å². The van der Waals surface area contributed by atoms with Crippen LogP contribution in [0.5, 0.6) is 0 Å². The van der Waals surface area contributed by atoms with E-state index in [4.69, 9.17) is 0 Å². The first-order chi connectivity index (χ1) is 9.02. The highest BCUT2D eigenvalue weighted by molar-refractivity contribution is 7.13. The summed E-state index contributed by atoms with van der Waals surface area (Å²) in [5.74, 6) is 0.209. The van der Waals surface area contributed by atoms with E-state index in [1.807, 2.05) is 19.2 Å². The van der Waals surface area contributed by atoms with Crippen molar-refractivity contribution < 1.29 is 9.90 Å². The molecule has 0 fully saturated rings. The summed E-state index contributed by atoms with van der Waals surface area (Å²) in [5.41, 5.74) is 1.01. The lowest BCUT2D eigenvalue weighted by atomic mass is 10.0. The van der Waals surface area contributed by atoms with E-state index in [0.29, 0.717) is 18.1 Å². The third-order valence-corrected chi connectivity index (χ3v) is 3.58. The zero-order chi connectivity index (χ0) is 14.3. The van der Waals surface area contributed by atoms with Crippen LogP contribution in [0.4, 0.5) is 9.93 Å². The number of urea groups is 1. The van der Waals surface area contributed by atoms with Crippen molar-refractivity contribution in [1.82, 2.24) is 10.3 Å². The van der Waals surface area contributed by atoms with E-state index < -0.39 is 0 Å². The number of carbonyl (C=O) groups is 1. The highest BCUT2D eigenvalue weighted by Gasteiger charge is 2.10. The second kappa shape index (κ2) is 8.12. The molecule has 0 saturated carbocycles. The van der Waals surface area contributed by atoms with Crippen LogP contribution in [0.2, 0.25) is 0 Å². The van der Waals surface area contributed by atoms with Crippen molar-refractivity contribution >= 4 is 22.5 Å². The van der Waals surface area contributed by atoms with Gasteiger partial charge in [0.25, 0.3) is 0 Å². The lowest BCUT2D eigenvalue weighted by molar-refractivity contribution is 0.117. The monoisotopic (exact) mass is 285 g/mol. The minimum Gasteiger partial charge on any atom is -0.393 e. The Morgan fingerprint density at radius 3 is 2.89 bits per heavy atom. The first kappa shape index (κ1) is 15.9. The van der Waals surface area contributed by atoms with E-state index in [1.165, 1.54) is 11.3 Å². The lowest BCUT2D eigenvalue weighted by Gasteiger charge is -2.14. The number of carbonyl (C=O) groups excluding carboxylic acids is 1. The molecule has 0 saturated heterocycles. The summed E-state index contributed by atoms with van der Waals surface area (Å²) in [4.78, 5) is 15.9. The van der Waals surface area contributed by atoms with Crippen molar-refractivity contribution in [2.45, 2.75) is 46.1 Å². The van der Waals surface area contributed by atoms with Gasteiger partial charge in [-0.2, -0.15) is 0 Å². The minimum absolute atomic E-state index is 0.209. The number of aryl methyl sites for hydroxylation is 1. The number of rotatable bonds is 7. The predicted octanol–water partition coefficient (Wildman–Crippen LogP) is 2.62. The summed E-state index contributed by atoms with van der Waals surface area (Å²) in [7, 11) is 0. The molecule has 1 aromatic rings. The Labute approximate surface area is 118 Å². The molecule has 0 aliphatic heterocycles. The van der Waals surface area contributed by atoms with Gasteiger partial charge in [-0.15, -0.1) is 11.3 Å². The average Bonchev–Trinajstić information content (AvgIpc) is 2.76. The van der Waals surface area contributed by atoms with Gasteiger partial charge in [0.1, 0.15) is 0 Å². The molecule has 0 aliphatic rings. The highest BCUT2D eigenvalue weighted by atomic mass is 32.1. The fourth-order valence-corrected chi connectivity index (χ4v) is 2.28. The number of anilines is 1. The molecule has 3 N–H and O–H groups in total. The molecular weight excluding hydrogens is 262 g/mol. The predicted molar refractivity (Wildman–Crippen MR) is 78.6 cm³/mol. The summed E-state index contributed by atoms with van der Waals surface area (Å²) in [6.07, 6.45) is 2.16. The second-order valence-corrected chi connectivity index (χ2v) is 5.73. The number of hydrogen-bond donors (Lipinski definition) is 3. The summed E-state index contributed by atoms with van der Waals surface area (Å²) >= 11 is 1.43. The van der Waals surface area contributed by atoms with Crippen LogP contribution >= 0.6 is 11.3 Å². The van der Waals surface area contributed by atoms with Gasteiger partial charge >= 0.3 is 6.03 Å². The molecule has 108 valence electrons. The molecule has 0 aromatic carbocycles. The highest BCUT2D eigenvalue weighted by Crippen LogP contribution is 2.16. The summed E-state index contributed by atoms with van der Waals surface area (Å²) in [5, 5.41) is 17.6. The maximum absolute atomic E-state index is 11.6. The second-order valence-electron chi connectivity index (χ2n) is 4.87. The maximum atomic E-state index is 11.6. The van der Waals surface area contributed by atoms with Crippen LogP contribution in [0.15, 0.2) is 5.38 Å². The van der Waals surface area contributed by atoms with Crippen molar-refractivity contribution in [2.24, 2.45) is 5.92 Å². The van der Waals surface area contributed by atoms with E-state index in [2.05, 4.69) is 22.5 Å². The van der Waals surface area contributed by atoms with Gasteiger partial charge in [0.05, 0.1) is 11.8 Å². The van der Waals surface area contributed by atoms with Crippen LogP contribution in [-0.2, 0) is 6.42 Å². The number of nitrogens with one attached hydrogen (secondary N) is 2. The third-order valence-electron chi connectivity index (χ3n) is 2.77.